The number of para-hydroxylation sites is 1. The first kappa shape index (κ1) is 17.3. The Bertz CT molecular complexity index is 506. The molecule has 2 N–H and O–H groups in total. The van der Waals surface area contributed by atoms with Crippen molar-refractivity contribution in [2.24, 2.45) is 0 Å². The Labute approximate surface area is 129 Å². The summed E-state index contributed by atoms with van der Waals surface area (Å²) in [5, 5.41) is 12.2. The molecule has 0 fully saturated rings. The first-order valence-electron chi connectivity index (χ1n) is 6.81. The van der Waals surface area contributed by atoms with Crippen LogP contribution in [-0.2, 0) is 9.59 Å². The van der Waals surface area contributed by atoms with Crippen molar-refractivity contribution in [3.63, 3.8) is 0 Å². The van der Waals surface area contributed by atoms with Gasteiger partial charge in [0.2, 0.25) is 5.91 Å². The van der Waals surface area contributed by atoms with Crippen molar-refractivity contribution in [1.82, 2.24) is 5.32 Å². The molecular weight excluding hydrogens is 294 g/mol. The highest BCUT2D eigenvalue weighted by Gasteiger charge is 2.33. The first-order valence-corrected chi connectivity index (χ1v) is 7.18. The molecule has 1 aromatic carbocycles. The minimum atomic E-state index is -1.24. The summed E-state index contributed by atoms with van der Waals surface area (Å²) in [7, 11) is 0. The maximum absolute atomic E-state index is 11.8. The van der Waals surface area contributed by atoms with E-state index in [9.17, 15) is 14.7 Å². The van der Waals surface area contributed by atoms with Crippen LogP contribution in [-0.4, -0.2) is 29.1 Å². The molecular formula is C15H20ClNO4. The zero-order valence-corrected chi connectivity index (χ0v) is 12.9. The third-order valence-electron chi connectivity index (χ3n) is 3.06. The van der Waals surface area contributed by atoms with Gasteiger partial charge in [-0.1, -0.05) is 37.1 Å². The predicted octanol–water partition coefficient (Wildman–Crippen LogP) is 2.87. The van der Waals surface area contributed by atoms with Crippen molar-refractivity contribution >= 4 is 23.5 Å². The van der Waals surface area contributed by atoms with Gasteiger partial charge in [0.25, 0.3) is 0 Å². The van der Waals surface area contributed by atoms with E-state index in [2.05, 4.69) is 5.32 Å². The molecule has 1 atom stereocenters. The Morgan fingerprint density at radius 1 is 1.38 bits per heavy atom. The molecule has 116 valence electrons. The van der Waals surface area contributed by atoms with E-state index in [4.69, 9.17) is 16.3 Å². The molecule has 0 aliphatic carbocycles. The average Bonchev–Trinajstić information content (AvgIpc) is 2.41. The van der Waals surface area contributed by atoms with Crippen molar-refractivity contribution < 1.29 is 19.4 Å². The van der Waals surface area contributed by atoms with Crippen LogP contribution in [0.4, 0.5) is 0 Å². The largest absolute Gasteiger partial charge is 0.491 e. The van der Waals surface area contributed by atoms with Gasteiger partial charge in [0.15, 0.2) is 0 Å². The second-order valence-electron chi connectivity index (χ2n) is 4.96. The van der Waals surface area contributed by atoms with Gasteiger partial charge in [0, 0.05) is 0 Å². The summed E-state index contributed by atoms with van der Waals surface area (Å²) < 4.78 is 5.40. The fourth-order valence-corrected chi connectivity index (χ4v) is 2.10. The lowest BCUT2D eigenvalue weighted by atomic mass is 9.96. The van der Waals surface area contributed by atoms with E-state index in [1.807, 2.05) is 6.92 Å². The molecule has 0 heterocycles. The highest BCUT2D eigenvalue weighted by atomic mass is 35.5. The van der Waals surface area contributed by atoms with Crippen LogP contribution in [0, 0.1) is 0 Å². The van der Waals surface area contributed by atoms with Gasteiger partial charge in [-0.05, 0) is 25.5 Å². The molecule has 0 spiro atoms. The number of hydrogen-bond donors (Lipinski definition) is 2. The number of aliphatic carboxylic acids is 1. The second kappa shape index (κ2) is 7.88. The van der Waals surface area contributed by atoms with Gasteiger partial charge in [0.05, 0.1) is 18.1 Å². The summed E-state index contributed by atoms with van der Waals surface area (Å²) in [6.45, 7) is 3.51. The zero-order valence-electron chi connectivity index (χ0n) is 12.2. The van der Waals surface area contributed by atoms with Crippen molar-refractivity contribution in [2.45, 2.75) is 38.6 Å². The number of nitrogens with one attached hydrogen (secondary N) is 1. The van der Waals surface area contributed by atoms with Crippen molar-refractivity contribution in [2.75, 3.05) is 6.61 Å². The van der Waals surface area contributed by atoms with E-state index in [0.717, 1.165) is 0 Å². The zero-order chi connectivity index (χ0) is 15.9. The summed E-state index contributed by atoms with van der Waals surface area (Å²) in [4.78, 5) is 23.0. The van der Waals surface area contributed by atoms with E-state index in [-0.39, 0.29) is 18.9 Å². The molecule has 0 aliphatic rings. The van der Waals surface area contributed by atoms with E-state index in [1.54, 1.807) is 24.3 Å². The summed E-state index contributed by atoms with van der Waals surface area (Å²) in [5.41, 5.74) is -1.24. The van der Waals surface area contributed by atoms with Gasteiger partial charge in [-0.3, -0.25) is 4.79 Å². The molecule has 1 rings (SSSR count). The minimum absolute atomic E-state index is 0.0673. The smallest absolute Gasteiger partial charge is 0.329 e. The average molecular weight is 314 g/mol. The molecule has 0 saturated carbocycles. The Hall–Kier alpha value is -1.75. The molecule has 1 aromatic rings. The number of benzene rings is 1. The molecule has 5 nitrogen and oxygen atoms in total. The molecule has 1 amide bonds. The number of ether oxygens (including phenoxy) is 1. The third-order valence-corrected chi connectivity index (χ3v) is 3.37. The van der Waals surface area contributed by atoms with Crippen LogP contribution >= 0.6 is 11.6 Å². The lowest BCUT2D eigenvalue weighted by Crippen LogP contribution is -2.52. The van der Waals surface area contributed by atoms with E-state index in [0.29, 0.717) is 23.6 Å². The van der Waals surface area contributed by atoms with Gasteiger partial charge < -0.3 is 15.2 Å². The van der Waals surface area contributed by atoms with Gasteiger partial charge in [-0.15, -0.1) is 0 Å². The third kappa shape index (κ3) is 5.27. The number of carbonyl (C=O) groups is 2. The van der Waals surface area contributed by atoms with Crippen molar-refractivity contribution in [3.05, 3.63) is 29.3 Å². The predicted molar refractivity (Wildman–Crippen MR) is 80.7 cm³/mol. The van der Waals surface area contributed by atoms with Crippen LogP contribution in [0.3, 0.4) is 0 Å². The number of carboxylic acids is 1. The number of rotatable bonds is 8. The Morgan fingerprint density at radius 3 is 2.62 bits per heavy atom. The monoisotopic (exact) mass is 313 g/mol. The van der Waals surface area contributed by atoms with Crippen LogP contribution in [0.2, 0.25) is 5.02 Å². The van der Waals surface area contributed by atoms with Crippen molar-refractivity contribution in [1.29, 1.82) is 0 Å². The summed E-state index contributed by atoms with van der Waals surface area (Å²) in [6.07, 6.45) is 1.11. The maximum Gasteiger partial charge on any atom is 0.329 e. The normalized spacial score (nSPS) is 13.3. The fraction of sp³-hybridized carbons (Fsp3) is 0.467. The molecule has 0 radical (unpaired) electrons. The van der Waals surface area contributed by atoms with Gasteiger partial charge in [-0.25, -0.2) is 4.79 Å². The van der Waals surface area contributed by atoms with Crippen LogP contribution < -0.4 is 10.1 Å². The van der Waals surface area contributed by atoms with Crippen LogP contribution in [0.15, 0.2) is 24.3 Å². The van der Waals surface area contributed by atoms with Gasteiger partial charge in [0.1, 0.15) is 11.3 Å². The Morgan fingerprint density at radius 2 is 2.05 bits per heavy atom. The Balaban J connectivity index is 2.47. The fourth-order valence-electron chi connectivity index (χ4n) is 1.91. The number of carbonyl (C=O) groups excluding carboxylic acids is 1. The molecule has 0 saturated heterocycles. The van der Waals surface area contributed by atoms with Crippen molar-refractivity contribution in [3.8, 4) is 5.75 Å². The summed E-state index contributed by atoms with van der Waals surface area (Å²) in [6, 6.07) is 6.97. The topological polar surface area (TPSA) is 75.6 Å². The standard InChI is InChI=1S/C15H20ClNO4/c1-3-9-15(2,14(19)20)17-13(18)8-10-21-12-7-5-4-6-11(12)16/h4-7H,3,8-10H2,1-2H3,(H,17,18)(H,19,20). The SMILES string of the molecule is CCCC(C)(NC(=O)CCOc1ccccc1Cl)C(=O)O. The quantitative estimate of drug-likeness (QED) is 0.774. The van der Waals surface area contributed by atoms with E-state index < -0.39 is 11.5 Å². The van der Waals surface area contributed by atoms with Crippen LogP contribution in [0.5, 0.6) is 5.75 Å². The van der Waals surface area contributed by atoms with E-state index >= 15 is 0 Å². The molecule has 0 aromatic heterocycles. The molecule has 6 heteroatoms. The lowest BCUT2D eigenvalue weighted by molar-refractivity contribution is -0.147. The highest BCUT2D eigenvalue weighted by Crippen LogP contribution is 2.23. The van der Waals surface area contributed by atoms with Crippen LogP contribution in [0.25, 0.3) is 0 Å². The minimum Gasteiger partial charge on any atom is -0.491 e. The number of amides is 1. The van der Waals surface area contributed by atoms with E-state index in [1.165, 1.54) is 6.92 Å². The molecule has 0 bridgehead atoms. The van der Waals surface area contributed by atoms with Gasteiger partial charge in [-0.2, -0.15) is 0 Å². The highest BCUT2D eigenvalue weighted by molar-refractivity contribution is 6.32. The summed E-state index contributed by atoms with van der Waals surface area (Å²) in [5.74, 6) is -0.897. The van der Waals surface area contributed by atoms with Crippen LogP contribution in [0.1, 0.15) is 33.1 Å². The maximum atomic E-state index is 11.8. The molecule has 21 heavy (non-hydrogen) atoms. The summed E-state index contributed by atoms with van der Waals surface area (Å²) >= 11 is 5.93. The second-order valence-corrected chi connectivity index (χ2v) is 5.37. The van der Waals surface area contributed by atoms with Gasteiger partial charge >= 0.3 is 5.97 Å². The number of halogens is 1. The number of hydrogen-bond acceptors (Lipinski definition) is 3. The number of carboxylic acid groups (broad SMARTS) is 1. The molecule has 1 unspecified atom stereocenters. The lowest BCUT2D eigenvalue weighted by Gasteiger charge is -2.25. The first-order chi connectivity index (χ1) is 9.89. The molecule has 0 aliphatic heterocycles. The Kier molecular flexibility index (Phi) is 6.49.